The average Bonchev–Trinajstić information content (AvgIpc) is 2.39. The predicted octanol–water partition coefficient (Wildman–Crippen LogP) is 2.53. The zero-order chi connectivity index (χ0) is 14.3. The van der Waals surface area contributed by atoms with Crippen molar-refractivity contribution in [2.75, 3.05) is 18.5 Å². The van der Waals surface area contributed by atoms with Crippen LogP contribution >= 0.6 is 0 Å². The van der Waals surface area contributed by atoms with Crippen LogP contribution in [-0.4, -0.2) is 30.4 Å². The number of amides is 1. The minimum Gasteiger partial charge on any atom is -0.507 e. The van der Waals surface area contributed by atoms with Crippen molar-refractivity contribution in [3.63, 3.8) is 0 Å². The number of phenols is 1. The first-order chi connectivity index (χ1) is 9.08. The predicted molar refractivity (Wildman–Crippen MR) is 69.3 cm³/mol. The molecular formula is C13H17NO5. The molecule has 0 atom stereocenters. The smallest absolute Gasteiger partial charge is 0.411 e. The first kappa shape index (κ1) is 14.8. The average molecular weight is 267 g/mol. The quantitative estimate of drug-likeness (QED) is 0.632. The molecule has 1 amide bonds. The Morgan fingerprint density at radius 1 is 1.26 bits per heavy atom. The standard InChI is InChI=1S/C13H17NO5/c1-3-7-19-13(17)14-9-5-6-11(15)10(8-9)12(16)18-4-2/h5-6,8,15H,3-4,7H2,1-2H3,(H,14,17). The van der Waals surface area contributed by atoms with Crippen LogP contribution in [0.2, 0.25) is 0 Å². The summed E-state index contributed by atoms with van der Waals surface area (Å²) in [6.45, 7) is 4.06. The fourth-order valence-electron chi connectivity index (χ4n) is 1.33. The van der Waals surface area contributed by atoms with Crippen LogP contribution < -0.4 is 5.32 Å². The van der Waals surface area contributed by atoms with Crippen LogP contribution in [0.3, 0.4) is 0 Å². The minimum atomic E-state index is -0.648. The highest BCUT2D eigenvalue weighted by molar-refractivity contribution is 5.95. The number of aromatic hydroxyl groups is 1. The molecule has 0 unspecified atom stereocenters. The molecule has 0 saturated heterocycles. The Hall–Kier alpha value is -2.24. The lowest BCUT2D eigenvalue weighted by molar-refractivity contribution is 0.0523. The van der Waals surface area contributed by atoms with Gasteiger partial charge >= 0.3 is 12.1 Å². The normalized spacial score (nSPS) is 9.79. The maximum atomic E-state index is 11.5. The van der Waals surface area contributed by atoms with Gasteiger partial charge in [0.1, 0.15) is 11.3 Å². The molecule has 1 rings (SSSR count). The number of hydrogen-bond acceptors (Lipinski definition) is 5. The third kappa shape index (κ3) is 4.50. The summed E-state index contributed by atoms with van der Waals surface area (Å²) in [6.07, 6.45) is 0.110. The molecule has 0 aromatic heterocycles. The van der Waals surface area contributed by atoms with Gasteiger partial charge in [0.25, 0.3) is 0 Å². The summed E-state index contributed by atoms with van der Waals surface area (Å²) in [4.78, 5) is 22.9. The molecule has 1 aromatic carbocycles. The zero-order valence-corrected chi connectivity index (χ0v) is 10.9. The number of nitrogens with one attached hydrogen (secondary N) is 1. The van der Waals surface area contributed by atoms with E-state index in [9.17, 15) is 14.7 Å². The zero-order valence-electron chi connectivity index (χ0n) is 10.9. The van der Waals surface area contributed by atoms with Crippen LogP contribution in [0.4, 0.5) is 10.5 Å². The van der Waals surface area contributed by atoms with Crippen molar-refractivity contribution >= 4 is 17.7 Å². The molecule has 0 radical (unpaired) electrons. The van der Waals surface area contributed by atoms with Gasteiger partial charge in [-0.05, 0) is 31.5 Å². The monoisotopic (exact) mass is 267 g/mol. The Morgan fingerprint density at radius 2 is 2.00 bits per heavy atom. The third-order valence-corrected chi connectivity index (χ3v) is 2.18. The lowest BCUT2D eigenvalue weighted by Gasteiger charge is -2.09. The van der Waals surface area contributed by atoms with Gasteiger partial charge in [-0.3, -0.25) is 5.32 Å². The second kappa shape index (κ2) is 7.25. The SMILES string of the molecule is CCCOC(=O)Nc1ccc(O)c(C(=O)OCC)c1. The summed E-state index contributed by atoms with van der Waals surface area (Å²) in [5.74, 6) is -0.850. The highest BCUT2D eigenvalue weighted by Gasteiger charge is 2.14. The Labute approximate surface area is 111 Å². The second-order valence-corrected chi connectivity index (χ2v) is 3.71. The van der Waals surface area contributed by atoms with E-state index in [1.807, 2.05) is 6.92 Å². The number of ether oxygens (including phenoxy) is 2. The van der Waals surface area contributed by atoms with E-state index < -0.39 is 12.1 Å². The van der Waals surface area contributed by atoms with Crippen molar-refractivity contribution in [1.29, 1.82) is 0 Å². The maximum absolute atomic E-state index is 11.5. The van der Waals surface area contributed by atoms with Crippen LogP contribution in [0, 0.1) is 0 Å². The Bertz CT molecular complexity index is 458. The number of carbonyl (C=O) groups excluding carboxylic acids is 2. The van der Waals surface area contributed by atoms with Gasteiger partial charge in [-0.25, -0.2) is 9.59 Å². The van der Waals surface area contributed by atoms with E-state index >= 15 is 0 Å². The van der Waals surface area contributed by atoms with Crippen molar-refractivity contribution in [1.82, 2.24) is 0 Å². The van der Waals surface area contributed by atoms with Gasteiger partial charge in [0.05, 0.1) is 13.2 Å². The third-order valence-electron chi connectivity index (χ3n) is 2.18. The fourth-order valence-corrected chi connectivity index (χ4v) is 1.33. The summed E-state index contributed by atoms with van der Waals surface area (Å²) >= 11 is 0. The van der Waals surface area contributed by atoms with Crippen molar-refractivity contribution in [3.8, 4) is 5.75 Å². The van der Waals surface area contributed by atoms with Crippen LogP contribution in [0.1, 0.15) is 30.6 Å². The molecule has 0 aliphatic rings. The molecule has 0 aliphatic carbocycles. The highest BCUT2D eigenvalue weighted by Crippen LogP contribution is 2.22. The maximum Gasteiger partial charge on any atom is 0.411 e. The van der Waals surface area contributed by atoms with Gasteiger partial charge in [0.2, 0.25) is 0 Å². The number of hydrogen-bond donors (Lipinski definition) is 2. The minimum absolute atomic E-state index is 0.00450. The summed E-state index contributed by atoms with van der Waals surface area (Å²) in [5.41, 5.74) is 0.345. The van der Waals surface area contributed by atoms with E-state index in [2.05, 4.69) is 5.32 Å². The second-order valence-electron chi connectivity index (χ2n) is 3.71. The Kier molecular flexibility index (Phi) is 5.66. The lowest BCUT2D eigenvalue weighted by atomic mass is 10.2. The molecule has 0 heterocycles. The summed E-state index contributed by atoms with van der Waals surface area (Å²) in [5, 5.41) is 12.0. The van der Waals surface area contributed by atoms with E-state index in [1.165, 1.54) is 18.2 Å². The first-order valence-corrected chi connectivity index (χ1v) is 6.02. The highest BCUT2D eigenvalue weighted by atomic mass is 16.5. The molecule has 0 aliphatic heterocycles. The number of benzene rings is 1. The molecule has 0 fully saturated rings. The van der Waals surface area contributed by atoms with E-state index in [0.29, 0.717) is 12.3 Å². The number of phenolic OH excluding ortho intramolecular Hbond substituents is 1. The van der Waals surface area contributed by atoms with Gasteiger partial charge in [-0.1, -0.05) is 6.92 Å². The molecule has 104 valence electrons. The lowest BCUT2D eigenvalue weighted by Crippen LogP contribution is -2.14. The molecule has 6 heteroatoms. The molecule has 2 N–H and O–H groups in total. The summed E-state index contributed by atoms with van der Waals surface area (Å²) < 4.78 is 9.64. The molecule has 0 spiro atoms. The molecular weight excluding hydrogens is 250 g/mol. The van der Waals surface area contributed by atoms with Crippen molar-refractivity contribution in [2.24, 2.45) is 0 Å². The molecule has 0 saturated carbocycles. The molecule has 1 aromatic rings. The van der Waals surface area contributed by atoms with Crippen LogP contribution in [-0.2, 0) is 9.47 Å². The first-order valence-electron chi connectivity index (χ1n) is 6.02. The molecule has 19 heavy (non-hydrogen) atoms. The van der Waals surface area contributed by atoms with Crippen LogP contribution in [0.5, 0.6) is 5.75 Å². The number of carbonyl (C=O) groups is 2. The van der Waals surface area contributed by atoms with E-state index in [0.717, 1.165) is 6.42 Å². The van der Waals surface area contributed by atoms with E-state index in [1.54, 1.807) is 6.92 Å². The van der Waals surface area contributed by atoms with Crippen LogP contribution in [0.25, 0.3) is 0 Å². The largest absolute Gasteiger partial charge is 0.507 e. The van der Waals surface area contributed by atoms with E-state index in [-0.39, 0.29) is 17.9 Å². The van der Waals surface area contributed by atoms with Gasteiger partial charge in [-0.2, -0.15) is 0 Å². The Morgan fingerprint density at radius 3 is 2.63 bits per heavy atom. The van der Waals surface area contributed by atoms with Crippen molar-refractivity contribution in [2.45, 2.75) is 20.3 Å². The summed E-state index contributed by atoms with van der Waals surface area (Å²) in [7, 11) is 0. The van der Waals surface area contributed by atoms with Crippen LogP contribution in [0.15, 0.2) is 18.2 Å². The van der Waals surface area contributed by atoms with Gasteiger partial charge < -0.3 is 14.6 Å². The van der Waals surface area contributed by atoms with E-state index in [4.69, 9.17) is 9.47 Å². The van der Waals surface area contributed by atoms with Gasteiger partial charge in [-0.15, -0.1) is 0 Å². The summed E-state index contributed by atoms with van der Waals surface area (Å²) in [6, 6.07) is 4.10. The van der Waals surface area contributed by atoms with Crippen molar-refractivity contribution < 1.29 is 24.2 Å². The fraction of sp³-hybridized carbons (Fsp3) is 0.385. The van der Waals surface area contributed by atoms with Gasteiger partial charge in [0, 0.05) is 5.69 Å². The number of esters is 1. The molecule has 6 nitrogen and oxygen atoms in total. The Balaban J connectivity index is 2.78. The molecule has 0 bridgehead atoms. The topological polar surface area (TPSA) is 84.9 Å². The number of rotatable bonds is 5. The van der Waals surface area contributed by atoms with Crippen molar-refractivity contribution in [3.05, 3.63) is 23.8 Å². The van der Waals surface area contributed by atoms with Gasteiger partial charge in [0.15, 0.2) is 0 Å². The number of anilines is 1.